The molecule has 1 aliphatic rings. The van der Waals surface area contributed by atoms with Gasteiger partial charge in [0.2, 0.25) is 10.0 Å². The van der Waals surface area contributed by atoms with Crippen molar-refractivity contribution >= 4 is 15.9 Å². The third kappa shape index (κ3) is 4.96. The first kappa shape index (κ1) is 21.3. The van der Waals surface area contributed by atoms with Gasteiger partial charge in [0, 0.05) is 32.9 Å². The topological polar surface area (TPSA) is 84.3 Å². The van der Waals surface area contributed by atoms with Crippen LogP contribution < -0.4 is 5.32 Å². The minimum absolute atomic E-state index is 0.120. The number of aromatic nitrogens is 2. The first-order valence-electron chi connectivity index (χ1n) is 9.01. The van der Waals surface area contributed by atoms with Crippen molar-refractivity contribution in [1.29, 1.82) is 0 Å². The van der Waals surface area contributed by atoms with Gasteiger partial charge in [0.15, 0.2) is 0 Å². The fourth-order valence-electron chi connectivity index (χ4n) is 3.20. The molecule has 2 heterocycles. The van der Waals surface area contributed by atoms with Gasteiger partial charge in [0.25, 0.3) is 5.91 Å². The molecule has 1 aliphatic heterocycles. The second kappa shape index (κ2) is 8.15. The van der Waals surface area contributed by atoms with Gasteiger partial charge in [-0.1, -0.05) is 0 Å². The summed E-state index contributed by atoms with van der Waals surface area (Å²) < 4.78 is 66.1. The van der Waals surface area contributed by atoms with Crippen molar-refractivity contribution in [3.05, 3.63) is 47.8 Å². The molecule has 2 aromatic rings. The molecule has 7 nitrogen and oxygen atoms in total. The van der Waals surface area contributed by atoms with Crippen molar-refractivity contribution < 1.29 is 26.4 Å². The number of amides is 1. The van der Waals surface area contributed by atoms with Crippen LogP contribution in [0.3, 0.4) is 0 Å². The van der Waals surface area contributed by atoms with Crippen LogP contribution in [-0.4, -0.2) is 48.0 Å². The van der Waals surface area contributed by atoms with Crippen molar-refractivity contribution in [2.24, 2.45) is 13.0 Å². The highest BCUT2D eigenvalue weighted by atomic mass is 32.2. The average molecular weight is 430 g/mol. The van der Waals surface area contributed by atoms with Crippen molar-refractivity contribution in [3.8, 4) is 0 Å². The van der Waals surface area contributed by atoms with Gasteiger partial charge < -0.3 is 5.32 Å². The second-order valence-corrected chi connectivity index (χ2v) is 8.92. The third-order valence-corrected chi connectivity index (χ3v) is 6.82. The van der Waals surface area contributed by atoms with Crippen LogP contribution in [0.25, 0.3) is 0 Å². The summed E-state index contributed by atoms with van der Waals surface area (Å²) in [6, 6.07) is 3.51. The molecule has 1 N–H and O–H groups in total. The molecule has 0 atom stereocenters. The molecule has 0 saturated carbocycles. The molecular weight excluding hydrogens is 409 g/mol. The van der Waals surface area contributed by atoms with Gasteiger partial charge >= 0.3 is 6.18 Å². The van der Waals surface area contributed by atoms with Gasteiger partial charge in [0.1, 0.15) is 0 Å². The number of carbonyl (C=O) groups is 1. The molecule has 1 fully saturated rings. The van der Waals surface area contributed by atoms with Crippen LogP contribution in [0.4, 0.5) is 13.2 Å². The Balaban J connectivity index is 1.54. The Morgan fingerprint density at radius 1 is 1.21 bits per heavy atom. The van der Waals surface area contributed by atoms with Crippen molar-refractivity contribution in [3.63, 3.8) is 0 Å². The number of nitrogens with zero attached hydrogens (tertiary/aromatic N) is 3. The minimum atomic E-state index is -4.51. The smallest absolute Gasteiger partial charge is 0.352 e. The number of hydrogen-bond donors (Lipinski definition) is 1. The Morgan fingerprint density at radius 3 is 2.34 bits per heavy atom. The molecule has 3 rings (SSSR count). The molecule has 0 radical (unpaired) electrons. The Labute approximate surface area is 166 Å². The number of aryl methyl sites for hydroxylation is 1. The van der Waals surface area contributed by atoms with E-state index in [0.717, 1.165) is 24.3 Å². The van der Waals surface area contributed by atoms with E-state index in [1.54, 1.807) is 13.2 Å². The standard InChI is InChI=1S/C18H21F3N4O3S/c1-24-12-14(11-23-24)17(26)22-10-13-6-8-25(9-7-13)29(27,28)16-4-2-15(3-5-16)18(19,20)21/h2-5,11-13H,6-10H2,1H3,(H,22,26). The summed E-state index contributed by atoms with van der Waals surface area (Å²) in [5, 5.41) is 6.76. The summed E-state index contributed by atoms with van der Waals surface area (Å²) in [6.07, 6.45) is -0.343. The second-order valence-electron chi connectivity index (χ2n) is 6.98. The van der Waals surface area contributed by atoms with Crippen LogP contribution in [0.2, 0.25) is 0 Å². The number of sulfonamides is 1. The minimum Gasteiger partial charge on any atom is -0.352 e. The zero-order valence-electron chi connectivity index (χ0n) is 15.7. The van der Waals surface area contributed by atoms with E-state index >= 15 is 0 Å². The Morgan fingerprint density at radius 2 is 1.83 bits per heavy atom. The van der Waals surface area contributed by atoms with Gasteiger partial charge in [-0.15, -0.1) is 0 Å². The number of alkyl halides is 3. The maximum Gasteiger partial charge on any atom is 0.416 e. The largest absolute Gasteiger partial charge is 0.416 e. The van der Waals surface area contributed by atoms with Crippen molar-refractivity contribution in [2.75, 3.05) is 19.6 Å². The molecule has 0 bridgehead atoms. The third-order valence-electron chi connectivity index (χ3n) is 4.91. The Bertz CT molecular complexity index is 963. The molecule has 0 aliphatic carbocycles. The molecule has 1 saturated heterocycles. The van der Waals surface area contributed by atoms with E-state index in [4.69, 9.17) is 0 Å². The monoisotopic (exact) mass is 430 g/mol. The average Bonchev–Trinajstić information content (AvgIpc) is 3.12. The van der Waals surface area contributed by atoms with Crippen molar-refractivity contribution in [2.45, 2.75) is 23.9 Å². The van der Waals surface area contributed by atoms with Crippen LogP contribution >= 0.6 is 0 Å². The van der Waals surface area contributed by atoms with E-state index in [0.29, 0.717) is 24.9 Å². The fourth-order valence-corrected chi connectivity index (χ4v) is 4.67. The molecule has 11 heteroatoms. The van der Waals surface area contributed by atoms with Gasteiger partial charge in [-0.2, -0.15) is 22.6 Å². The molecule has 158 valence electrons. The number of nitrogens with one attached hydrogen (secondary N) is 1. The lowest BCUT2D eigenvalue weighted by Crippen LogP contribution is -2.41. The summed E-state index contributed by atoms with van der Waals surface area (Å²) in [7, 11) is -2.14. The molecular formula is C18H21F3N4O3S. The van der Waals surface area contributed by atoms with E-state index in [-0.39, 0.29) is 29.8 Å². The van der Waals surface area contributed by atoms with E-state index < -0.39 is 21.8 Å². The molecule has 29 heavy (non-hydrogen) atoms. The summed E-state index contributed by atoms with van der Waals surface area (Å²) >= 11 is 0. The molecule has 1 aromatic carbocycles. The highest BCUT2D eigenvalue weighted by molar-refractivity contribution is 7.89. The first-order chi connectivity index (χ1) is 13.6. The summed E-state index contributed by atoms with van der Waals surface area (Å²) in [6.45, 7) is 0.912. The van der Waals surface area contributed by atoms with E-state index in [1.807, 2.05) is 0 Å². The quantitative estimate of drug-likeness (QED) is 0.789. The molecule has 0 unspecified atom stereocenters. The first-order valence-corrected chi connectivity index (χ1v) is 10.5. The van der Waals surface area contributed by atoms with Gasteiger partial charge in [-0.05, 0) is 43.0 Å². The van der Waals surface area contributed by atoms with Crippen LogP contribution in [0.5, 0.6) is 0 Å². The highest BCUT2D eigenvalue weighted by Gasteiger charge is 2.33. The zero-order chi connectivity index (χ0) is 21.2. The van der Waals surface area contributed by atoms with Crippen LogP contribution in [0.15, 0.2) is 41.6 Å². The van der Waals surface area contributed by atoms with Crippen molar-refractivity contribution in [1.82, 2.24) is 19.4 Å². The van der Waals surface area contributed by atoms with Gasteiger partial charge in [-0.25, -0.2) is 8.42 Å². The Kier molecular flexibility index (Phi) is 5.99. The summed E-state index contributed by atoms with van der Waals surface area (Å²) in [4.78, 5) is 11.9. The number of halogens is 3. The maximum absolute atomic E-state index is 12.7. The SMILES string of the molecule is Cn1cc(C(=O)NCC2CCN(S(=O)(=O)c3ccc(C(F)(F)F)cc3)CC2)cn1. The van der Waals surface area contributed by atoms with Gasteiger partial charge in [-0.3, -0.25) is 9.48 Å². The van der Waals surface area contributed by atoms with E-state index in [2.05, 4.69) is 10.4 Å². The van der Waals surface area contributed by atoms with Crippen LogP contribution in [0.1, 0.15) is 28.8 Å². The maximum atomic E-state index is 12.7. The van der Waals surface area contributed by atoms with E-state index in [9.17, 15) is 26.4 Å². The molecule has 0 spiro atoms. The number of piperidine rings is 1. The summed E-state index contributed by atoms with van der Waals surface area (Å²) in [5.41, 5.74) is -0.436. The number of hydrogen-bond acceptors (Lipinski definition) is 4. The highest BCUT2D eigenvalue weighted by Crippen LogP contribution is 2.31. The number of benzene rings is 1. The lowest BCUT2D eigenvalue weighted by Gasteiger charge is -2.31. The lowest BCUT2D eigenvalue weighted by molar-refractivity contribution is -0.137. The normalized spacial score (nSPS) is 16.7. The molecule has 1 amide bonds. The van der Waals surface area contributed by atoms with Crippen LogP contribution in [0, 0.1) is 5.92 Å². The summed E-state index contributed by atoms with van der Waals surface area (Å²) in [5.74, 6) is -0.118. The zero-order valence-corrected chi connectivity index (χ0v) is 16.5. The lowest BCUT2D eigenvalue weighted by atomic mass is 9.98. The van der Waals surface area contributed by atoms with Gasteiger partial charge in [0.05, 0.1) is 22.2 Å². The molecule has 1 aromatic heterocycles. The van der Waals surface area contributed by atoms with Crippen LogP contribution in [-0.2, 0) is 23.2 Å². The van der Waals surface area contributed by atoms with E-state index in [1.165, 1.54) is 15.2 Å². The Hall–Kier alpha value is -2.40. The number of carbonyl (C=O) groups excluding carboxylic acids is 1. The fraction of sp³-hybridized carbons (Fsp3) is 0.444. The number of rotatable bonds is 5. The predicted octanol–water partition coefficient (Wildman–Crippen LogP) is 2.27. The predicted molar refractivity (Wildman–Crippen MR) is 98.5 cm³/mol.